The summed E-state index contributed by atoms with van der Waals surface area (Å²) in [6, 6.07) is 7.25. The molecule has 5 N–H and O–H groups in total. The van der Waals surface area contributed by atoms with Crippen LogP contribution in [0.5, 0.6) is 0 Å². The largest absolute Gasteiger partial charge is 0.355 e. The molecule has 0 aromatic heterocycles. The number of nitrogens with two attached hydrogens (primary N) is 1. The van der Waals surface area contributed by atoms with Gasteiger partial charge in [-0.1, -0.05) is 12.1 Å². The van der Waals surface area contributed by atoms with E-state index in [0.29, 0.717) is 24.7 Å². The second kappa shape index (κ2) is 9.46. The number of allylic oxidation sites excluding steroid dienone is 3. The number of carbonyl (C=O) groups excluding carboxylic acids is 1. The molecule has 0 radical (unpaired) electrons. The van der Waals surface area contributed by atoms with Crippen molar-refractivity contribution in [3.63, 3.8) is 0 Å². The van der Waals surface area contributed by atoms with Gasteiger partial charge in [-0.2, -0.15) is 10.5 Å². The van der Waals surface area contributed by atoms with Gasteiger partial charge in [-0.15, -0.1) is 0 Å². The minimum absolute atomic E-state index is 0.137. The molecule has 0 saturated heterocycles. The molecule has 0 saturated carbocycles. The first kappa shape index (κ1) is 21.3. The number of aliphatic imine (C=N–C) groups is 2. The predicted molar refractivity (Wildman–Crippen MR) is 122 cm³/mol. The molecule has 4 rings (SSSR count). The number of nitrogens with one attached hydrogen (secondary N) is 3. The van der Waals surface area contributed by atoms with Crippen molar-refractivity contribution in [1.82, 2.24) is 10.6 Å². The van der Waals surface area contributed by atoms with Crippen LogP contribution >= 0.6 is 0 Å². The number of hydrogen-bond acceptors (Lipinski definition) is 8. The predicted octanol–water partition coefficient (Wildman–Crippen LogP) is 1.89. The molecule has 2 unspecified atom stereocenters. The normalized spacial score (nSPS) is 22.2. The summed E-state index contributed by atoms with van der Waals surface area (Å²) in [5, 5.41) is 26.4. The average Bonchev–Trinajstić information content (AvgIpc) is 3.21. The highest BCUT2D eigenvalue weighted by atomic mass is 16.2. The number of nitriles is 2. The number of benzene rings is 1. The van der Waals surface area contributed by atoms with Crippen molar-refractivity contribution in [2.45, 2.75) is 37.6 Å². The Hall–Kier alpha value is -3.95. The minimum Gasteiger partial charge on any atom is -0.355 e. The maximum atomic E-state index is 12.9. The van der Waals surface area contributed by atoms with Gasteiger partial charge in [0.2, 0.25) is 5.96 Å². The fourth-order valence-electron chi connectivity index (χ4n) is 4.12. The van der Waals surface area contributed by atoms with Gasteiger partial charge in [-0.3, -0.25) is 15.1 Å². The average molecular weight is 429 g/mol. The van der Waals surface area contributed by atoms with Crippen molar-refractivity contribution in [2.75, 3.05) is 18.4 Å². The number of hydrogen-bond donors (Lipinski definition) is 4. The van der Waals surface area contributed by atoms with E-state index in [4.69, 9.17) is 16.3 Å². The van der Waals surface area contributed by atoms with Gasteiger partial charge in [0, 0.05) is 23.7 Å². The van der Waals surface area contributed by atoms with Crippen molar-refractivity contribution in [3.8, 4) is 12.3 Å². The molecule has 0 bridgehead atoms. The van der Waals surface area contributed by atoms with Gasteiger partial charge in [0.25, 0.3) is 5.91 Å². The van der Waals surface area contributed by atoms with Crippen LogP contribution in [0.25, 0.3) is 5.57 Å². The van der Waals surface area contributed by atoms with E-state index in [2.05, 4.69) is 38.1 Å². The van der Waals surface area contributed by atoms with E-state index < -0.39 is 11.9 Å². The molecule has 1 aliphatic carbocycles. The number of anilines is 1. The Morgan fingerprint density at radius 2 is 2.16 bits per heavy atom. The lowest BCUT2D eigenvalue weighted by Gasteiger charge is -2.24. The lowest BCUT2D eigenvalue weighted by molar-refractivity contribution is -0.110. The van der Waals surface area contributed by atoms with Crippen molar-refractivity contribution in [3.05, 3.63) is 47.2 Å². The zero-order valence-corrected chi connectivity index (χ0v) is 17.6. The Labute approximate surface area is 186 Å². The molecule has 0 spiro atoms. The summed E-state index contributed by atoms with van der Waals surface area (Å²) < 4.78 is 0. The van der Waals surface area contributed by atoms with Gasteiger partial charge in [0.15, 0.2) is 6.19 Å². The summed E-state index contributed by atoms with van der Waals surface area (Å²) in [6.07, 6.45) is 9.82. The topological polar surface area (TPSA) is 151 Å². The maximum Gasteiger partial charge on any atom is 0.272 e. The summed E-state index contributed by atoms with van der Waals surface area (Å²) in [5.74, 6) is 0.240. The van der Waals surface area contributed by atoms with Gasteiger partial charge in [-0.05, 0) is 55.0 Å². The van der Waals surface area contributed by atoms with Crippen molar-refractivity contribution >= 4 is 28.8 Å². The first-order valence-corrected chi connectivity index (χ1v) is 10.6. The van der Waals surface area contributed by atoms with Crippen LogP contribution in [-0.2, 0) is 4.79 Å². The lowest BCUT2D eigenvalue weighted by Crippen LogP contribution is -2.41. The van der Waals surface area contributed by atoms with Crippen LogP contribution < -0.4 is 21.7 Å². The smallest absolute Gasteiger partial charge is 0.272 e. The fraction of sp³-hybridized carbons (Fsp3) is 0.348. The number of guanidine groups is 1. The summed E-state index contributed by atoms with van der Waals surface area (Å²) in [4.78, 5) is 21.3. The van der Waals surface area contributed by atoms with E-state index in [0.717, 1.165) is 36.8 Å². The second-order valence-corrected chi connectivity index (χ2v) is 7.92. The number of amides is 1. The monoisotopic (exact) mass is 428 g/mol. The Kier molecular flexibility index (Phi) is 6.29. The maximum absolute atomic E-state index is 12.9. The lowest BCUT2D eigenvalue weighted by atomic mass is 9.88. The van der Waals surface area contributed by atoms with Crippen molar-refractivity contribution in [2.24, 2.45) is 15.7 Å². The minimum atomic E-state index is -0.691. The third-order valence-corrected chi connectivity index (χ3v) is 5.80. The first-order valence-electron chi connectivity index (χ1n) is 10.6. The van der Waals surface area contributed by atoms with E-state index in [1.165, 1.54) is 11.6 Å². The molecule has 1 aromatic carbocycles. The highest BCUT2D eigenvalue weighted by Gasteiger charge is 2.26. The molecule has 162 valence electrons. The molecular formula is C23H24N8O. The van der Waals surface area contributed by atoms with Gasteiger partial charge in [0.05, 0.1) is 12.6 Å². The number of carbonyl (C=O) groups is 1. The van der Waals surface area contributed by atoms with Crippen LogP contribution in [0.15, 0.2) is 46.0 Å². The Bertz CT molecular complexity index is 1130. The van der Waals surface area contributed by atoms with Gasteiger partial charge in [-0.25, -0.2) is 4.99 Å². The highest BCUT2D eigenvalue weighted by Crippen LogP contribution is 2.34. The van der Waals surface area contributed by atoms with E-state index in [9.17, 15) is 4.79 Å². The highest BCUT2D eigenvalue weighted by molar-refractivity contribution is 6.46. The van der Waals surface area contributed by atoms with Gasteiger partial charge in [0.1, 0.15) is 17.5 Å². The van der Waals surface area contributed by atoms with E-state index in [1.54, 1.807) is 0 Å². The molecule has 0 fully saturated rings. The summed E-state index contributed by atoms with van der Waals surface area (Å²) in [5.41, 5.74) is 10.3. The fourth-order valence-corrected chi connectivity index (χ4v) is 4.12. The molecule has 1 aromatic rings. The number of nitrogens with zero attached hydrogens (tertiary/aromatic N) is 4. The zero-order valence-electron chi connectivity index (χ0n) is 17.6. The van der Waals surface area contributed by atoms with Crippen LogP contribution in [0.2, 0.25) is 0 Å². The van der Waals surface area contributed by atoms with Crippen LogP contribution in [0, 0.1) is 22.8 Å². The third kappa shape index (κ3) is 4.53. The zero-order chi connectivity index (χ0) is 22.5. The number of rotatable bonds is 4. The van der Waals surface area contributed by atoms with Gasteiger partial charge < -0.3 is 16.4 Å². The molecule has 1 amide bonds. The molecule has 9 heteroatoms. The van der Waals surface area contributed by atoms with Gasteiger partial charge >= 0.3 is 0 Å². The standard InChI is InChI=1S/C23H24N8O/c24-10-17-9-19(26)21(30-17)22(32)31-20-7-6-15(8-18(20)14-4-2-1-3-5-14)16-11-27-23(28-12-16)29-13-25/h4,6-9,16,19H,1-3,5,11-12,26H2,(H,31,32)(H2,27,28,29). The van der Waals surface area contributed by atoms with Crippen LogP contribution in [-0.4, -0.2) is 36.7 Å². The Morgan fingerprint density at radius 3 is 2.81 bits per heavy atom. The molecule has 32 heavy (non-hydrogen) atoms. The second-order valence-electron chi connectivity index (χ2n) is 7.92. The van der Waals surface area contributed by atoms with E-state index in [-0.39, 0.29) is 17.3 Å². The Balaban J connectivity index is 1.60. The SMILES string of the molecule is N#CNC1=NCC(c2ccc(NC(=O)C3=NC(C#N)=CC3N)c(C3=CCCCC3)c2)CN1. The summed E-state index contributed by atoms with van der Waals surface area (Å²) >= 11 is 0. The van der Waals surface area contributed by atoms with E-state index >= 15 is 0 Å². The summed E-state index contributed by atoms with van der Waals surface area (Å²) in [6.45, 7) is 1.22. The molecule has 3 aliphatic rings. The molecular weight excluding hydrogens is 404 g/mol. The molecule has 2 heterocycles. The van der Waals surface area contributed by atoms with Crippen LogP contribution in [0.4, 0.5) is 5.69 Å². The first-order chi connectivity index (χ1) is 15.6. The van der Waals surface area contributed by atoms with E-state index in [1.807, 2.05) is 24.4 Å². The van der Waals surface area contributed by atoms with Crippen molar-refractivity contribution < 1.29 is 4.79 Å². The third-order valence-electron chi connectivity index (χ3n) is 5.80. The van der Waals surface area contributed by atoms with Crippen LogP contribution in [0.3, 0.4) is 0 Å². The molecule has 9 nitrogen and oxygen atoms in total. The summed E-state index contributed by atoms with van der Waals surface area (Å²) in [7, 11) is 0. The Morgan fingerprint density at radius 1 is 1.28 bits per heavy atom. The quantitative estimate of drug-likeness (QED) is 0.424. The van der Waals surface area contributed by atoms with Crippen LogP contribution in [0.1, 0.15) is 42.7 Å². The molecule has 2 aliphatic heterocycles. The van der Waals surface area contributed by atoms with Crippen molar-refractivity contribution in [1.29, 1.82) is 10.5 Å². The molecule has 2 atom stereocenters.